The Balaban J connectivity index is 1.66. The number of sulfonamides is 1. The Labute approximate surface area is 184 Å². The SMILES string of the molecule is Cc1ccc(C(C)C)c(OC(C)C(=O)Nc2ccc(S(=O)(=O)N3CCOCC3)cc2)c1. The first-order chi connectivity index (χ1) is 14.7. The van der Waals surface area contributed by atoms with Crippen molar-refractivity contribution >= 4 is 21.6 Å². The molecule has 1 atom stereocenters. The zero-order chi connectivity index (χ0) is 22.6. The highest BCUT2D eigenvalue weighted by Crippen LogP contribution is 2.28. The summed E-state index contributed by atoms with van der Waals surface area (Å²) in [7, 11) is -3.57. The zero-order valence-corrected chi connectivity index (χ0v) is 19.2. The summed E-state index contributed by atoms with van der Waals surface area (Å²) in [5, 5.41) is 2.79. The van der Waals surface area contributed by atoms with Gasteiger partial charge in [-0.3, -0.25) is 4.79 Å². The standard InChI is InChI=1S/C23H30N2O5S/c1-16(2)21-10-5-17(3)15-22(21)30-18(4)23(26)24-19-6-8-20(9-7-19)31(27,28)25-11-13-29-14-12-25/h5-10,15-16,18H,11-14H2,1-4H3,(H,24,26). The van der Waals surface area contributed by atoms with Gasteiger partial charge in [0.25, 0.3) is 5.91 Å². The molecule has 0 spiro atoms. The highest BCUT2D eigenvalue weighted by atomic mass is 32.2. The molecule has 0 bridgehead atoms. The molecule has 7 nitrogen and oxygen atoms in total. The van der Waals surface area contributed by atoms with Crippen LogP contribution in [0.1, 0.15) is 37.8 Å². The average molecular weight is 447 g/mol. The van der Waals surface area contributed by atoms with E-state index in [1.165, 1.54) is 16.4 Å². The number of aryl methyl sites for hydroxylation is 1. The van der Waals surface area contributed by atoms with Crippen molar-refractivity contribution in [2.24, 2.45) is 0 Å². The van der Waals surface area contributed by atoms with Gasteiger partial charge in [0, 0.05) is 18.8 Å². The molecular formula is C23H30N2O5S. The van der Waals surface area contributed by atoms with Crippen molar-refractivity contribution in [1.29, 1.82) is 0 Å². The third-order valence-corrected chi connectivity index (χ3v) is 7.11. The lowest BCUT2D eigenvalue weighted by atomic mass is 10.0. The summed E-state index contributed by atoms with van der Waals surface area (Å²) in [6.07, 6.45) is -0.712. The lowest BCUT2D eigenvalue weighted by Gasteiger charge is -2.26. The Morgan fingerprint density at radius 1 is 1.06 bits per heavy atom. The Hall–Kier alpha value is -2.42. The minimum atomic E-state index is -3.57. The van der Waals surface area contributed by atoms with Crippen LogP contribution in [0.25, 0.3) is 0 Å². The lowest BCUT2D eigenvalue weighted by molar-refractivity contribution is -0.122. The highest BCUT2D eigenvalue weighted by molar-refractivity contribution is 7.89. The summed E-state index contributed by atoms with van der Waals surface area (Å²) in [5.41, 5.74) is 2.61. The first-order valence-electron chi connectivity index (χ1n) is 10.4. The molecule has 1 fully saturated rings. The summed E-state index contributed by atoms with van der Waals surface area (Å²) in [6, 6.07) is 12.2. The highest BCUT2D eigenvalue weighted by Gasteiger charge is 2.26. The van der Waals surface area contributed by atoms with Crippen LogP contribution in [-0.4, -0.2) is 51.0 Å². The molecule has 2 aromatic carbocycles. The van der Waals surface area contributed by atoms with Crippen LogP contribution in [0.4, 0.5) is 5.69 Å². The predicted molar refractivity (Wildman–Crippen MR) is 120 cm³/mol. The van der Waals surface area contributed by atoms with Gasteiger partial charge in [0.1, 0.15) is 5.75 Å². The van der Waals surface area contributed by atoms with Crippen molar-refractivity contribution in [3.8, 4) is 5.75 Å². The number of rotatable bonds is 7. The summed E-state index contributed by atoms with van der Waals surface area (Å²) in [4.78, 5) is 12.8. The average Bonchev–Trinajstić information content (AvgIpc) is 2.74. The molecule has 8 heteroatoms. The third-order valence-electron chi connectivity index (χ3n) is 5.19. The topological polar surface area (TPSA) is 84.9 Å². The van der Waals surface area contributed by atoms with Gasteiger partial charge in [-0.2, -0.15) is 4.31 Å². The molecule has 1 amide bonds. The molecule has 31 heavy (non-hydrogen) atoms. The summed E-state index contributed by atoms with van der Waals surface area (Å²) in [6.45, 7) is 9.30. The molecule has 3 rings (SSSR count). The molecule has 1 N–H and O–H groups in total. The molecule has 1 saturated heterocycles. The van der Waals surface area contributed by atoms with Gasteiger partial charge in [-0.05, 0) is 61.2 Å². The number of nitrogens with zero attached hydrogens (tertiary/aromatic N) is 1. The van der Waals surface area contributed by atoms with Gasteiger partial charge in [-0.25, -0.2) is 8.42 Å². The van der Waals surface area contributed by atoms with Gasteiger partial charge in [0.05, 0.1) is 18.1 Å². The molecule has 2 aromatic rings. The zero-order valence-electron chi connectivity index (χ0n) is 18.4. The minimum absolute atomic E-state index is 0.193. The van der Waals surface area contributed by atoms with Gasteiger partial charge in [0.15, 0.2) is 6.10 Å². The number of morpholine rings is 1. The fraction of sp³-hybridized carbons (Fsp3) is 0.435. The quantitative estimate of drug-likeness (QED) is 0.703. The maximum absolute atomic E-state index is 12.7. The van der Waals surface area contributed by atoms with Crippen molar-refractivity contribution in [3.05, 3.63) is 53.6 Å². The number of benzene rings is 2. The van der Waals surface area contributed by atoms with E-state index >= 15 is 0 Å². The largest absolute Gasteiger partial charge is 0.481 e. The Morgan fingerprint density at radius 3 is 2.32 bits per heavy atom. The summed E-state index contributed by atoms with van der Waals surface area (Å²) >= 11 is 0. The van der Waals surface area contributed by atoms with E-state index in [2.05, 4.69) is 19.2 Å². The van der Waals surface area contributed by atoms with E-state index in [-0.39, 0.29) is 16.7 Å². The molecule has 1 aliphatic heterocycles. The van der Waals surface area contributed by atoms with Gasteiger partial charge in [-0.15, -0.1) is 0 Å². The smallest absolute Gasteiger partial charge is 0.265 e. The minimum Gasteiger partial charge on any atom is -0.481 e. The summed E-state index contributed by atoms with van der Waals surface area (Å²) in [5.74, 6) is 0.663. The molecule has 1 aliphatic rings. The van der Waals surface area contributed by atoms with E-state index in [4.69, 9.17) is 9.47 Å². The first kappa shape index (κ1) is 23.2. The van der Waals surface area contributed by atoms with Gasteiger partial charge >= 0.3 is 0 Å². The number of hydrogen-bond donors (Lipinski definition) is 1. The molecule has 168 valence electrons. The number of hydrogen-bond acceptors (Lipinski definition) is 5. The van der Waals surface area contributed by atoms with E-state index in [0.717, 1.165) is 11.1 Å². The van der Waals surface area contributed by atoms with E-state index in [0.29, 0.717) is 37.7 Å². The Kier molecular flexibility index (Phi) is 7.35. The van der Waals surface area contributed by atoms with Crippen LogP contribution in [0.5, 0.6) is 5.75 Å². The van der Waals surface area contributed by atoms with Crippen LogP contribution in [0.15, 0.2) is 47.4 Å². The van der Waals surface area contributed by atoms with Crippen molar-refractivity contribution in [2.75, 3.05) is 31.6 Å². The number of amides is 1. The van der Waals surface area contributed by atoms with Crippen LogP contribution in [0.2, 0.25) is 0 Å². The van der Waals surface area contributed by atoms with E-state index in [1.54, 1.807) is 19.1 Å². The van der Waals surface area contributed by atoms with E-state index in [9.17, 15) is 13.2 Å². The fourth-order valence-electron chi connectivity index (χ4n) is 3.35. The van der Waals surface area contributed by atoms with E-state index < -0.39 is 16.1 Å². The molecule has 0 saturated carbocycles. The maximum Gasteiger partial charge on any atom is 0.265 e. The van der Waals surface area contributed by atoms with Crippen molar-refractivity contribution < 1.29 is 22.7 Å². The van der Waals surface area contributed by atoms with Gasteiger partial charge in [-0.1, -0.05) is 26.0 Å². The van der Waals surface area contributed by atoms with E-state index in [1.807, 2.05) is 25.1 Å². The normalized spacial score (nSPS) is 16.2. The third kappa shape index (κ3) is 5.64. The molecule has 0 radical (unpaired) electrons. The van der Waals surface area contributed by atoms with Crippen molar-refractivity contribution in [3.63, 3.8) is 0 Å². The maximum atomic E-state index is 12.7. The van der Waals surface area contributed by atoms with Gasteiger partial charge < -0.3 is 14.8 Å². The Morgan fingerprint density at radius 2 is 1.71 bits per heavy atom. The molecule has 0 aromatic heterocycles. The van der Waals surface area contributed by atoms with Crippen molar-refractivity contribution in [2.45, 2.75) is 44.6 Å². The molecule has 1 heterocycles. The molecule has 0 aliphatic carbocycles. The number of carbonyl (C=O) groups excluding carboxylic acids is 1. The van der Waals surface area contributed by atoms with Crippen LogP contribution in [0, 0.1) is 6.92 Å². The monoisotopic (exact) mass is 446 g/mol. The lowest BCUT2D eigenvalue weighted by Crippen LogP contribution is -2.40. The van der Waals surface area contributed by atoms with Crippen molar-refractivity contribution in [1.82, 2.24) is 4.31 Å². The second-order valence-electron chi connectivity index (χ2n) is 7.99. The van der Waals surface area contributed by atoms with Crippen LogP contribution >= 0.6 is 0 Å². The summed E-state index contributed by atoms with van der Waals surface area (Å²) < 4.78 is 38.0. The molecule has 1 unspecified atom stereocenters. The predicted octanol–water partition coefficient (Wildman–Crippen LogP) is 3.55. The second-order valence-corrected chi connectivity index (χ2v) is 9.92. The first-order valence-corrected chi connectivity index (χ1v) is 11.9. The number of carbonyl (C=O) groups is 1. The van der Waals surface area contributed by atoms with Gasteiger partial charge in [0.2, 0.25) is 10.0 Å². The van der Waals surface area contributed by atoms with Crippen LogP contribution < -0.4 is 10.1 Å². The second kappa shape index (κ2) is 9.80. The number of anilines is 1. The molecular weight excluding hydrogens is 416 g/mol. The van der Waals surface area contributed by atoms with Crippen LogP contribution in [-0.2, 0) is 19.6 Å². The number of nitrogens with one attached hydrogen (secondary N) is 1. The van der Waals surface area contributed by atoms with Crippen LogP contribution in [0.3, 0.4) is 0 Å². The number of ether oxygens (including phenoxy) is 2. The Bertz CT molecular complexity index is 1010. The fourth-order valence-corrected chi connectivity index (χ4v) is 4.76.